The van der Waals surface area contributed by atoms with Gasteiger partial charge in [-0.25, -0.2) is 4.79 Å². The van der Waals surface area contributed by atoms with Crippen molar-refractivity contribution in [2.75, 3.05) is 6.54 Å². The molecule has 0 radical (unpaired) electrons. The van der Waals surface area contributed by atoms with Crippen LogP contribution in [-0.2, 0) is 4.79 Å². The van der Waals surface area contributed by atoms with Gasteiger partial charge < -0.3 is 15.5 Å². The Morgan fingerprint density at radius 2 is 1.79 bits per heavy atom. The second-order valence-corrected chi connectivity index (χ2v) is 5.39. The number of nitrogens with zero attached hydrogens (tertiary/aromatic N) is 1. The number of benzene rings is 1. The van der Waals surface area contributed by atoms with E-state index < -0.39 is 6.04 Å². The van der Waals surface area contributed by atoms with Gasteiger partial charge in [-0.15, -0.1) is 0 Å². The summed E-state index contributed by atoms with van der Waals surface area (Å²) in [5.41, 5.74) is 2.56. The smallest absolute Gasteiger partial charge is 0.315 e. The van der Waals surface area contributed by atoms with E-state index in [0.29, 0.717) is 6.54 Å². The molecule has 2 bridgehead atoms. The lowest BCUT2D eigenvalue weighted by atomic mass is 9.92. The van der Waals surface area contributed by atoms with Crippen LogP contribution in [0, 0.1) is 0 Å². The zero-order chi connectivity index (χ0) is 13.0. The molecule has 3 aliphatic heterocycles. The van der Waals surface area contributed by atoms with Crippen LogP contribution in [-0.4, -0.2) is 29.4 Å². The molecule has 3 atom stereocenters. The molecule has 19 heavy (non-hydrogen) atoms. The van der Waals surface area contributed by atoms with E-state index >= 15 is 0 Å². The van der Waals surface area contributed by atoms with Crippen LogP contribution < -0.4 is 10.6 Å². The fraction of sp³-hybridized carbons (Fsp3) is 0.429. The van der Waals surface area contributed by atoms with Gasteiger partial charge in [0.15, 0.2) is 0 Å². The number of carbonyl (C=O) groups is 2. The Morgan fingerprint density at radius 3 is 2.32 bits per heavy atom. The fourth-order valence-corrected chi connectivity index (χ4v) is 3.63. The first-order chi connectivity index (χ1) is 9.25. The number of fused-ring (bicyclic) bond motifs is 5. The molecule has 2 fully saturated rings. The molecule has 0 spiro atoms. The molecule has 5 heteroatoms. The van der Waals surface area contributed by atoms with Gasteiger partial charge in [-0.05, 0) is 24.0 Å². The lowest BCUT2D eigenvalue weighted by molar-refractivity contribution is -0.135. The van der Waals surface area contributed by atoms with E-state index in [1.165, 1.54) is 11.1 Å². The standard InChI is InChI=1S/C14H15N3O2/c18-13(10-7-15-14(19)16-10)17-11-5-6-12(17)9-4-2-1-3-8(9)11/h1-4,10-12H,5-7H2,(H2,15,16,19). The normalized spacial score (nSPS) is 31.1. The number of hydrogen-bond acceptors (Lipinski definition) is 2. The van der Waals surface area contributed by atoms with Gasteiger partial charge in [0.05, 0.1) is 12.1 Å². The van der Waals surface area contributed by atoms with Crippen LogP contribution in [0.1, 0.15) is 36.1 Å². The number of rotatable bonds is 1. The van der Waals surface area contributed by atoms with Gasteiger partial charge in [0, 0.05) is 6.54 Å². The molecule has 98 valence electrons. The summed E-state index contributed by atoms with van der Waals surface area (Å²) in [5.74, 6) is 0.0436. The molecule has 3 unspecified atom stereocenters. The minimum Gasteiger partial charge on any atom is -0.336 e. The Kier molecular flexibility index (Phi) is 2.13. The van der Waals surface area contributed by atoms with Crippen LogP contribution in [0.4, 0.5) is 4.79 Å². The highest BCUT2D eigenvalue weighted by Crippen LogP contribution is 2.53. The molecule has 3 amide bonds. The topological polar surface area (TPSA) is 61.4 Å². The first kappa shape index (κ1) is 10.8. The monoisotopic (exact) mass is 257 g/mol. The largest absolute Gasteiger partial charge is 0.336 e. The quantitative estimate of drug-likeness (QED) is 0.791. The molecular weight excluding hydrogens is 242 g/mol. The molecule has 0 aromatic heterocycles. The fourth-order valence-electron chi connectivity index (χ4n) is 3.63. The van der Waals surface area contributed by atoms with Gasteiger partial charge in [-0.1, -0.05) is 24.3 Å². The number of hydrogen-bond donors (Lipinski definition) is 2. The van der Waals surface area contributed by atoms with Crippen LogP contribution >= 0.6 is 0 Å². The zero-order valence-corrected chi connectivity index (χ0v) is 10.4. The summed E-state index contributed by atoms with van der Waals surface area (Å²) >= 11 is 0. The van der Waals surface area contributed by atoms with Crippen molar-refractivity contribution in [2.24, 2.45) is 0 Å². The van der Waals surface area contributed by atoms with Gasteiger partial charge in [0.25, 0.3) is 0 Å². The zero-order valence-electron chi connectivity index (χ0n) is 10.4. The highest BCUT2D eigenvalue weighted by molar-refractivity contribution is 5.91. The first-order valence-corrected chi connectivity index (χ1v) is 6.71. The van der Waals surface area contributed by atoms with E-state index in [2.05, 4.69) is 22.8 Å². The van der Waals surface area contributed by atoms with E-state index in [9.17, 15) is 9.59 Å². The second kappa shape index (κ2) is 3.73. The van der Waals surface area contributed by atoms with Crippen molar-refractivity contribution in [3.8, 4) is 0 Å². The second-order valence-electron chi connectivity index (χ2n) is 5.39. The maximum Gasteiger partial charge on any atom is 0.315 e. The number of urea groups is 1. The van der Waals surface area contributed by atoms with E-state index in [1.807, 2.05) is 17.0 Å². The molecule has 0 aliphatic carbocycles. The van der Waals surface area contributed by atoms with Crippen molar-refractivity contribution in [2.45, 2.75) is 31.0 Å². The Labute approximate surface area is 111 Å². The Morgan fingerprint density at radius 1 is 1.16 bits per heavy atom. The van der Waals surface area contributed by atoms with Crippen molar-refractivity contribution in [3.63, 3.8) is 0 Å². The summed E-state index contributed by atoms with van der Waals surface area (Å²) in [6, 6.07) is 8.03. The van der Waals surface area contributed by atoms with Gasteiger partial charge in [-0.2, -0.15) is 0 Å². The van der Waals surface area contributed by atoms with Crippen molar-refractivity contribution >= 4 is 11.9 Å². The highest BCUT2D eigenvalue weighted by Gasteiger charge is 2.48. The Bertz CT molecular complexity index is 541. The third-order valence-corrected chi connectivity index (χ3v) is 4.42. The molecule has 4 rings (SSSR count). The summed E-state index contributed by atoms with van der Waals surface area (Å²) in [6.07, 6.45) is 2.06. The van der Waals surface area contributed by atoms with E-state index in [-0.39, 0.29) is 24.0 Å². The number of nitrogens with one attached hydrogen (secondary N) is 2. The Balaban J connectivity index is 1.65. The maximum atomic E-state index is 12.6. The van der Waals surface area contributed by atoms with Gasteiger partial charge >= 0.3 is 6.03 Å². The lowest BCUT2D eigenvalue weighted by Gasteiger charge is -2.25. The van der Waals surface area contributed by atoms with Crippen LogP contribution in [0.3, 0.4) is 0 Å². The molecule has 1 aromatic carbocycles. The van der Waals surface area contributed by atoms with Gasteiger partial charge in [0.2, 0.25) is 5.91 Å². The minimum atomic E-state index is -0.412. The van der Waals surface area contributed by atoms with Crippen LogP contribution in [0.25, 0.3) is 0 Å². The molecule has 3 aliphatic rings. The summed E-state index contributed by atoms with van der Waals surface area (Å²) < 4.78 is 0. The van der Waals surface area contributed by atoms with Crippen molar-refractivity contribution in [3.05, 3.63) is 35.4 Å². The molecule has 2 saturated heterocycles. The summed E-state index contributed by atoms with van der Waals surface area (Å²) in [6.45, 7) is 0.393. The van der Waals surface area contributed by atoms with Crippen molar-refractivity contribution < 1.29 is 9.59 Å². The lowest BCUT2D eigenvalue weighted by Crippen LogP contribution is -2.44. The SMILES string of the molecule is O=C1NCC(C(=O)N2C3CCC2c2ccccc23)N1. The van der Waals surface area contributed by atoms with Gasteiger partial charge in [0.1, 0.15) is 6.04 Å². The molecular formula is C14H15N3O2. The van der Waals surface area contributed by atoms with Crippen molar-refractivity contribution in [1.29, 1.82) is 0 Å². The Hall–Kier alpha value is -2.04. The average Bonchev–Trinajstić information content (AvgIpc) is 3.11. The maximum absolute atomic E-state index is 12.6. The van der Waals surface area contributed by atoms with E-state index in [1.54, 1.807) is 0 Å². The van der Waals surface area contributed by atoms with Gasteiger partial charge in [-0.3, -0.25) is 4.79 Å². The third-order valence-electron chi connectivity index (χ3n) is 4.42. The third kappa shape index (κ3) is 1.41. The van der Waals surface area contributed by atoms with Crippen molar-refractivity contribution in [1.82, 2.24) is 15.5 Å². The number of carbonyl (C=O) groups excluding carboxylic acids is 2. The predicted molar refractivity (Wildman–Crippen MR) is 68.3 cm³/mol. The first-order valence-electron chi connectivity index (χ1n) is 6.71. The number of amides is 3. The molecule has 5 nitrogen and oxygen atoms in total. The van der Waals surface area contributed by atoms with Crippen LogP contribution in [0.5, 0.6) is 0 Å². The van der Waals surface area contributed by atoms with Crippen LogP contribution in [0.15, 0.2) is 24.3 Å². The summed E-state index contributed by atoms with van der Waals surface area (Å²) in [7, 11) is 0. The molecule has 2 N–H and O–H groups in total. The van der Waals surface area contributed by atoms with E-state index in [0.717, 1.165) is 12.8 Å². The van der Waals surface area contributed by atoms with Crippen LogP contribution in [0.2, 0.25) is 0 Å². The predicted octanol–water partition coefficient (Wildman–Crippen LogP) is 1.09. The molecule has 3 heterocycles. The summed E-state index contributed by atoms with van der Waals surface area (Å²) in [5, 5.41) is 5.33. The molecule has 0 saturated carbocycles. The average molecular weight is 257 g/mol. The van der Waals surface area contributed by atoms with E-state index in [4.69, 9.17) is 0 Å². The minimum absolute atomic E-state index is 0.0436. The highest BCUT2D eigenvalue weighted by atomic mass is 16.2. The molecule has 1 aromatic rings. The summed E-state index contributed by atoms with van der Waals surface area (Å²) in [4.78, 5) is 25.7.